The third kappa shape index (κ3) is 3.59. The van der Waals surface area contributed by atoms with Gasteiger partial charge in [0.05, 0.1) is 17.5 Å². The lowest BCUT2D eigenvalue weighted by Crippen LogP contribution is -2.37. The first-order valence-electron chi connectivity index (χ1n) is 6.31. The molecule has 1 aromatic carbocycles. The van der Waals surface area contributed by atoms with E-state index in [4.69, 9.17) is 15.4 Å². The molecule has 1 aliphatic rings. The highest BCUT2D eigenvalue weighted by Crippen LogP contribution is 2.29. The van der Waals surface area contributed by atoms with Gasteiger partial charge in [0.25, 0.3) is 15.0 Å². The second kappa shape index (κ2) is 6.24. The number of nitrogens with zero attached hydrogens (tertiary/aromatic N) is 1. The summed E-state index contributed by atoms with van der Waals surface area (Å²) < 4.78 is 29.0. The summed E-state index contributed by atoms with van der Waals surface area (Å²) >= 11 is 3.27. The molecule has 0 aromatic heterocycles. The predicted octanol–water partition coefficient (Wildman–Crippen LogP) is 2.55. The fourth-order valence-electron chi connectivity index (χ4n) is 2.23. The molecule has 2 rings (SSSR count). The number of likely N-dealkylation sites (N-methyl/N-ethyl adjacent to an activating group) is 1. The minimum atomic E-state index is -3.91. The van der Waals surface area contributed by atoms with Crippen molar-refractivity contribution in [2.75, 3.05) is 20.3 Å². The minimum Gasteiger partial charge on any atom is -0.379 e. The van der Waals surface area contributed by atoms with Gasteiger partial charge in [-0.2, -0.15) is 0 Å². The largest absolute Gasteiger partial charge is 0.379 e. The Morgan fingerprint density at radius 2 is 2.14 bits per heavy atom. The van der Waals surface area contributed by atoms with Crippen LogP contribution in [0.25, 0.3) is 0 Å². The van der Waals surface area contributed by atoms with E-state index in [9.17, 15) is 13.2 Å². The SMILES string of the molecule is Cc1c(Br)cc(C(=O)N(C)C2CCOC2)cc1S(=O)(=O)Cl. The average molecular weight is 397 g/mol. The summed E-state index contributed by atoms with van der Waals surface area (Å²) in [6, 6.07) is 2.93. The van der Waals surface area contributed by atoms with Crippen molar-refractivity contribution in [2.45, 2.75) is 24.3 Å². The summed E-state index contributed by atoms with van der Waals surface area (Å²) in [5.74, 6) is -0.257. The van der Waals surface area contributed by atoms with Crippen LogP contribution in [0.15, 0.2) is 21.5 Å². The Hall–Kier alpha value is -0.630. The summed E-state index contributed by atoms with van der Waals surface area (Å²) in [5.41, 5.74) is 0.759. The summed E-state index contributed by atoms with van der Waals surface area (Å²) in [4.78, 5) is 14.0. The van der Waals surface area contributed by atoms with Gasteiger partial charge in [-0.3, -0.25) is 4.79 Å². The zero-order valence-electron chi connectivity index (χ0n) is 11.6. The van der Waals surface area contributed by atoms with E-state index in [0.29, 0.717) is 23.2 Å². The third-order valence-corrected chi connectivity index (χ3v) is 5.85. The fraction of sp³-hybridized carbons (Fsp3) is 0.462. The molecule has 1 saturated heterocycles. The summed E-state index contributed by atoms with van der Waals surface area (Å²) in [6.45, 7) is 2.75. The number of rotatable bonds is 3. The van der Waals surface area contributed by atoms with E-state index in [1.807, 2.05) is 0 Å². The van der Waals surface area contributed by atoms with E-state index >= 15 is 0 Å². The molecule has 1 aliphatic heterocycles. The Labute approximate surface area is 136 Å². The van der Waals surface area contributed by atoms with Crippen LogP contribution in [0.3, 0.4) is 0 Å². The highest BCUT2D eigenvalue weighted by atomic mass is 79.9. The molecule has 8 heteroatoms. The van der Waals surface area contributed by atoms with E-state index in [1.54, 1.807) is 24.9 Å². The molecule has 0 bridgehead atoms. The quantitative estimate of drug-likeness (QED) is 0.737. The monoisotopic (exact) mass is 395 g/mol. The predicted molar refractivity (Wildman–Crippen MR) is 83.2 cm³/mol. The Morgan fingerprint density at radius 1 is 1.48 bits per heavy atom. The molecule has 1 heterocycles. The van der Waals surface area contributed by atoms with Crippen LogP contribution in [0.1, 0.15) is 22.3 Å². The van der Waals surface area contributed by atoms with Crippen molar-refractivity contribution in [2.24, 2.45) is 0 Å². The number of benzene rings is 1. The van der Waals surface area contributed by atoms with Crippen LogP contribution in [-0.2, 0) is 13.8 Å². The lowest BCUT2D eigenvalue weighted by molar-refractivity contribution is 0.0711. The van der Waals surface area contributed by atoms with Crippen molar-refractivity contribution in [1.82, 2.24) is 4.90 Å². The molecule has 116 valence electrons. The molecule has 21 heavy (non-hydrogen) atoms. The van der Waals surface area contributed by atoms with Gasteiger partial charge in [0.2, 0.25) is 0 Å². The molecular weight excluding hydrogens is 382 g/mol. The summed E-state index contributed by atoms with van der Waals surface area (Å²) in [7, 11) is 3.20. The Balaban J connectivity index is 2.40. The molecule has 0 N–H and O–H groups in total. The molecule has 1 atom stereocenters. The molecule has 0 spiro atoms. The maximum absolute atomic E-state index is 12.5. The number of halogens is 2. The van der Waals surface area contributed by atoms with Crippen molar-refractivity contribution in [1.29, 1.82) is 0 Å². The first kappa shape index (κ1) is 16.7. The van der Waals surface area contributed by atoms with Gasteiger partial charge in [0.1, 0.15) is 0 Å². The first-order valence-corrected chi connectivity index (χ1v) is 9.41. The zero-order valence-corrected chi connectivity index (χ0v) is 14.8. The van der Waals surface area contributed by atoms with Gasteiger partial charge in [-0.05, 0) is 31.0 Å². The Morgan fingerprint density at radius 3 is 2.67 bits per heavy atom. The highest BCUT2D eigenvalue weighted by molar-refractivity contribution is 9.10. The molecule has 1 fully saturated rings. The van der Waals surface area contributed by atoms with Crippen molar-refractivity contribution >= 4 is 41.6 Å². The van der Waals surface area contributed by atoms with Crippen molar-refractivity contribution in [3.8, 4) is 0 Å². The maximum atomic E-state index is 12.5. The van der Waals surface area contributed by atoms with Crippen molar-refractivity contribution in [3.63, 3.8) is 0 Å². The number of carbonyl (C=O) groups is 1. The molecule has 1 amide bonds. The molecule has 0 saturated carbocycles. The summed E-state index contributed by atoms with van der Waals surface area (Å²) in [5, 5.41) is 0. The van der Waals surface area contributed by atoms with E-state index in [-0.39, 0.29) is 22.4 Å². The summed E-state index contributed by atoms with van der Waals surface area (Å²) in [6.07, 6.45) is 0.774. The third-order valence-electron chi connectivity index (χ3n) is 3.58. The maximum Gasteiger partial charge on any atom is 0.261 e. The van der Waals surface area contributed by atoms with E-state index in [2.05, 4.69) is 15.9 Å². The standard InChI is InChI=1S/C13H15BrClNO4S/c1-8-11(14)5-9(6-12(8)21(15,18)19)13(17)16(2)10-3-4-20-7-10/h5-6,10H,3-4,7H2,1-2H3. The van der Waals surface area contributed by atoms with Crippen LogP contribution in [0.5, 0.6) is 0 Å². The van der Waals surface area contributed by atoms with Gasteiger partial charge in [-0.25, -0.2) is 8.42 Å². The molecular formula is C13H15BrClNO4S. The lowest BCUT2D eigenvalue weighted by Gasteiger charge is -2.23. The molecule has 5 nitrogen and oxygen atoms in total. The smallest absolute Gasteiger partial charge is 0.261 e. The van der Waals surface area contributed by atoms with E-state index in [0.717, 1.165) is 6.42 Å². The van der Waals surface area contributed by atoms with Crippen molar-refractivity contribution < 1.29 is 17.9 Å². The number of hydrogen-bond donors (Lipinski definition) is 0. The van der Waals surface area contributed by atoms with Gasteiger partial charge in [-0.1, -0.05) is 15.9 Å². The normalized spacial score (nSPS) is 18.8. The highest BCUT2D eigenvalue weighted by Gasteiger charge is 2.27. The topological polar surface area (TPSA) is 63.7 Å². The molecule has 0 aliphatic carbocycles. The molecule has 0 radical (unpaired) electrons. The fourth-order valence-corrected chi connectivity index (χ4v) is 4.04. The molecule has 1 aromatic rings. The van der Waals surface area contributed by atoms with Gasteiger partial charge in [0.15, 0.2) is 0 Å². The van der Waals surface area contributed by atoms with Crippen LogP contribution >= 0.6 is 26.6 Å². The van der Waals surface area contributed by atoms with Gasteiger partial charge in [0, 0.05) is 34.4 Å². The van der Waals surface area contributed by atoms with Crippen LogP contribution in [0, 0.1) is 6.92 Å². The second-order valence-corrected chi connectivity index (χ2v) is 8.34. The minimum absolute atomic E-state index is 0.00800. The van der Waals surface area contributed by atoms with Crippen LogP contribution in [0.4, 0.5) is 0 Å². The Kier molecular flexibility index (Phi) is 4.97. The van der Waals surface area contributed by atoms with Crippen LogP contribution < -0.4 is 0 Å². The van der Waals surface area contributed by atoms with Crippen LogP contribution in [-0.4, -0.2) is 45.5 Å². The number of amides is 1. The number of hydrogen-bond acceptors (Lipinski definition) is 4. The van der Waals surface area contributed by atoms with Crippen molar-refractivity contribution in [3.05, 3.63) is 27.7 Å². The number of ether oxygens (including phenoxy) is 1. The number of carbonyl (C=O) groups excluding carboxylic acids is 1. The van der Waals surface area contributed by atoms with Gasteiger partial charge < -0.3 is 9.64 Å². The average Bonchev–Trinajstić information content (AvgIpc) is 2.92. The van der Waals surface area contributed by atoms with E-state index in [1.165, 1.54) is 6.07 Å². The zero-order chi connectivity index (χ0) is 15.8. The second-order valence-electron chi connectivity index (χ2n) is 4.95. The first-order chi connectivity index (χ1) is 9.71. The van der Waals surface area contributed by atoms with Gasteiger partial charge in [-0.15, -0.1) is 0 Å². The van der Waals surface area contributed by atoms with Crippen LogP contribution in [0.2, 0.25) is 0 Å². The van der Waals surface area contributed by atoms with Gasteiger partial charge >= 0.3 is 0 Å². The Bertz CT molecular complexity index is 671. The molecule has 1 unspecified atom stereocenters. The lowest BCUT2D eigenvalue weighted by atomic mass is 10.1. The van der Waals surface area contributed by atoms with E-state index < -0.39 is 9.05 Å².